The molecule has 1 atom stereocenters. The van der Waals surface area contributed by atoms with Gasteiger partial charge in [0.2, 0.25) is 0 Å². The summed E-state index contributed by atoms with van der Waals surface area (Å²) in [6, 6.07) is 9.44. The quantitative estimate of drug-likeness (QED) is 0.812. The van der Waals surface area contributed by atoms with E-state index in [1.807, 2.05) is 44.3 Å². The highest BCUT2D eigenvalue weighted by Crippen LogP contribution is 2.30. The zero-order chi connectivity index (χ0) is 14.6. The molecule has 1 N–H and O–H groups in total. The Morgan fingerprint density at radius 1 is 1.30 bits per heavy atom. The topological polar surface area (TPSA) is 40.5 Å². The maximum Gasteiger partial charge on any atom is 0.166 e. The first-order chi connectivity index (χ1) is 9.50. The first-order valence-electron chi connectivity index (χ1n) is 7.50. The van der Waals surface area contributed by atoms with Crippen LogP contribution in [0, 0.1) is 5.92 Å². The van der Waals surface area contributed by atoms with Gasteiger partial charge >= 0.3 is 0 Å². The van der Waals surface area contributed by atoms with Crippen molar-refractivity contribution in [3.63, 3.8) is 0 Å². The van der Waals surface area contributed by atoms with Gasteiger partial charge in [-0.2, -0.15) is 0 Å². The molecule has 1 fully saturated rings. The summed E-state index contributed by atoms with van der Waals surface area (Å²) < 4.78 is 0. The Bertz CT molecular complexity index is 438. The summed E-state index contributed by atoms with van der Waals surface area (Å²) in [5.41, 5.74) is 0.234. The second kappa shape index (κ2) is 6.51. The molecular formula is C17H25NO2. The first-order valence-corrected chi connectivity index (χ1v) is 7.50. The molecule has 0 amide bonds. The Labute approximate surface area is 121 Å². The molecule has 0 saturated heterocycles. The van der Waals surface area contributed by atoms with Crippen molar-refractivity contribution < 1.29 is 9.90 Å². The molecule has 20 heavy (non-hydrogen) atoms. The lowest BCUT2D eigenvalue weighted by Gasteiger charge is -2.30. The molecule has 1 aromatic carbocycles. The standard InChI is InChI=1S/C17H25NO2/c1-14(16(19)15-8-4-3-5-9-15)12-18(2)13-17(20)10-6-7-11-17/h3-5,8-9,14,20H,6-7,10-13H2,1-2H3. The summed E-state index contributed by atoms with van der Waals surface area (Å²) in [6.07, 6.45) is 4.00. The fraction of sp³-hybridized carbons (Fsp3) is 0.588. The van der Waals surface area contributed by atoms with E-state index in [2.05, 4.69) is 4.90 Å². The molecule has 3 heteroatoms. The van der Waals surface area contributed by atoms with Crippen LogP contribution in [0.4, 0.5) is 0 Å². The third-order valence-electron chi connectivity index (χ3n) is 4.19. The van der Waals surface area contributed by atoms with Crippen molar-refractivity contribution in [3.05, 3.63) is 35.9 Å². The van der Waals surface area contributed by atoms with E-state index in [0.29, 0.717) is 13.1 Å². The van der Waals surface area contributed by atoms with Crippen LogP contribution in [-0.4, -0.2) is 41.5 Å². The van der Waals surface area contributed by atoms with E-state index in [1.54, 1.807) is 0 Å². The van der Waals surface area contributed by atoms with Gasteiger partial charge in [0.1, 0.15) is 0 Å². The van der Waals surface area contributed by atoms with Crippen LogP contribution in [-0.2, 0) is 0 Å². The predicted octanol–water partition coefficient (Wildman–Crippen LogP) is 2.74. The van der Waals surface area contributed by atoms with Gasteiger partial charge in [-0.25, -0.2) is 0 Å². The van der Waals surface area contributed by atoms with Gasteiger partial charge < -0.3 is 10.0 Å². The fourth-order valence-corrected chi connectivity index (χ4v) is 3.20. The van der Waals surface area contributed by atoms with Gasteiger partial charge in [0.25, 0.3) is 0 Å². The average Bonchev–Trinajstić information content (AvgIpc) is 2.84. The number of benzene rings is 1. The second-order valence-corrected chi connectivity index (χ2v) is 6.26. The van der Waals surface area contributed by atoms with Gasteiger partial charge in [0, 0.05) is 24.6 Å². The van der Waals surface area contributed by atoms with Crippen molar-refractivity contribution in [3.8, 4) is 0 Å². The highest BCUT2D eigenvalue weighted by molar-refractivity contribution is 5.97. The van der Waals surface area contributed by atoms with Crippen molar-refractivity contribution >= 4 is 5.78 Å². The molecule has 0 aromatic heterocycles. The third kappa shape index (κ3) is 3.90. The highest BCUT2D eigenvalue weighted by atomic mass is 16.3. The molecule has 3 nitrogen and oxygen atoms in total. The van der Waals surface area contributed by atoms with E-state index >= 15 is 0 Å². The van der Waals surface area contributed by atoms with Crippen LogP contribution in [0.25, 0.3) is 0 Å². The molecule has 0 aliphatic heterocycles. The van der Waals surface area contributed by atoms with Crippen LogP contribution >= 0.6 is 0 Å². The van der Waals surface area contributed by atoms with Gasteiger partial charge in [0.15, 0.2) is 5.78 Å². The molecule has 0 bridgehead atoms. The van der Waals surface area contributed by atoms with Gasteiger partial charge in [-0.15, -0.1) is 0 Å². The molecule has 0 heterocycles. The summed E-state index contributed by atoms with van der Waals surface area (Å²) in [7, 11) is 1.99. The van der Waals surface area contributed by atoms with Crippen molar-refractivity contribution in [1.82, 2.24) is 4.90 Å². The van der Waals surface area contributed by atoms with E-state index in [1.165, 1.54) is 0 Å². The molecule has 1 aliphatic carbocycles. The number of ketones is 1. The van der Waals surface area contributed by atoms with Crippen LogP contribution in [0.5, 0.6) is 0 Å². The zero-order valence-electron chi connectivity index (χ0n) is 12.5. The van der Waals surface area contributed by atoms with Crippen LogP contribution in [0.3, 0.4) is 0 Å². The van der Waals surface area contributed by atoms with E-state index in [0.717, 1.165) is 31.2 Å². The number of Topliss-reactive ketones (excluding diaryl/α,β-unsaturated/α-hetero) is 1. The fourth-order valence-electron chi connectivity index (χ4n) is 3.20. The molecular weight excluding hydrogens is 250 g/mol. The number of nitrogens with zero attached hydrogens (tertiary/aromatic N) is 1. The second-order valence-electron chi connectivity index (χ2n) is 6.26. The highest BCUT2D eigenvalue weighted by Gasteiger charge is 2.32. The lowest BCUT2D eigenvalue weighted by atomic mass is 9.97. The molecule has 1 aromatic rings. The number of aliphatic hydroxyl groups is 1. The maximum atomic E-state index is 12.3. The first kappa shape index (κ1) is 15.2. The van der Waals surface area contributed by atoms with Crippen LogP contribution in [0.1, 0.15) is 43.0 Å². The largest absolute Gasteiger partial charge is 0.389 e. The third-order valence-corrected chi connectivity index (χ3v) is 4.19. The number of hydrogen-bond acceptors (Lipinski definition) is 3. The minimum atomic E-state index is -0.537. The average molecular weight is 275 g/mol. The molecule has 1 saturated carbocycles. The van der Waals surface area contributed by atoms with E-state index in [4.69, 9.17) is 0 Å². The van der Waals surface area contributed by atoms with Crippen LogP contribution in [0.2, 0.25) is 0 Å². The Morgan fingerprint density at radius 2 is 1.90 bits per heavy atom. The number of carbonyl (C=O) groups is 1. The monoisotopic (exact) mass is 275 g/mol. The Balaban J connectivity index is 1.87. The van der Waals surface area contributed by atoms with E-state index < -0.39 is 5.60 Å². The molecule has 1 aliphatic rings. The normalized spacial score (nSPS) is 19.2. The molecule has 110 valence electrons. The van der Waals surface area contributed by atoms with Gasteiger partial charge in [0.05, 0.1) is 5.60 Å². The Kier molecular flexibility index (Phi) is 4.95. The van der Waals surface area contributed by atoms with Crippen molar-refractivity contribution in [2.24, 2.45) is 5.92 Å². The van der Waals surface area contributed by atoms with Crippen molar-refractivity contribution in [1.29, 1.82) is 0 Å². The van der Waals surface area contributed by atoms with Crippen molar-refractivity contribution in [2.75, 3.05) is 20.1 Å². The predicted molar refractivity (Wildman–Crippen MR) is 80.9 cm³/mol. The summed E-state index contributed by atoms with van der Waals surface area (Å²) >= 11 is 0. The van der Waals surface area contributed by atoms with E-state index in [-0.39, 0.29) is 11.7 Å². The number of rotatable bonds is 6. The van der Waals surface area contributed by atoms with Crippen molar-refractivity contribution in [2.45, 2.75) is 38.2 Å². The number of carbonyl (C=O) groups excluding carboxylic acids is 1. The summed E-state index contributed by atoms with van der Waals surface area (Å²) in [6.45, 7) is 3.32. The molecule has 1 unspecified atom stereocenters. The van der Waals surface area contributed by atoms with Gasteiger partial charge in [-0.05, 0) is 19.9 Å². The van der Waals surface area contributed by atoms with Crippen LogP contribution < -0.4 is 0 Å². The lowest BCUT2D eigenvalue weighted by molar-refractivity contribution is 0.0135. The molecule has 2 rings (SSSR count). The van der Waals surface area contributed by atoms with Gasteiger partial charge in [-0.3, -0.25) is 4.79 Å². The zero-order valence-corrected chi connectivity index (χ0v) is 12.5. The number of likely N-dealkylation sites (N-methyl/N-ethyl adjacent to an activating group) is 1. The summed E-state index contributed by atoms with van der Waals surface area (Å²) in [4.78, 5) is 14.4. The minimum Gasteiger partial charge on any atom is -0.389 e. The van der Waals surface area contributed by atoms with E-state index in [9.17, 15) is 9.90 Å². The molecule has 0 spiro atoms. The Hall–Kier alpha value is -1.19. The summed E-state index contributed by atoms with van der Waals surface area (Å²) in [5, 5.41) is 10.4. The Morgan fingerprint density at radius 3 is 2.50 bits per heavy atom. The SMILES string of the molecule is CC(CN(C)CC1(O)CCCC1)C(=O)c1ccccc1. The minimum absolute atomic E-state index is 0.0487. The maximum absolute atomic E-state index is 12.3. The van der Waals surface area contributed by atoms with Gasteiger partial charge in [-0.1, -0.05) is 50.1 Å². The lowest BCUT2D eigenvalue weighted by Crippen LogP contribution is -2.41. The van der Waals surface area contributed by atoms with Crippen LogP contribution in [0.15, 0.2) is 30.3 Å². The molecule has 0 radical (unpaired) electrons. The summed E-state index contributed by atoms with van der Waals surface area (Å²) in [5.74, 6) is 0.128. The number of hydrogen-bond donors (Lipinski definition) is 1. The smallest absolute Gasteiger partial charge is 0.166 e.